The van der Waals surface area contributed by atoms with Gasteiger partial charge in [0.1, 0.15) is 6.42 Å². The Labute approximate surface area is 126 Å². The highest BCUT2D eigenvalue weighted by Crippen LogP contribution is 2.21. The van der Waals surface area contributed by atoms with Gasteiger partial charge in [-0.15, -0.1) is 0 Å². The van der Waals surface area contributed by atoms with Crippen LogP contribution in [0.3, 0.4) is 0 Å². The van der Waals surface area contributed by atoms with Crippen LogP contribution in [0.1, 0.15) is 12.0 Å². The fraction of sp³-hybridized carbons (Fsp3) is 0.125. The molecule has 2 aromatic carbocycles. The van der Waals surface area contributed by atoms with E-state index in [1.54, 1.807) is 4.90 Å². The summed E-state index contributed by atoms with van der Waals surface area (Å²) in [5.74, 6) is -0.196. The number of nitriles is 1. The predicted molar refractivity (Wildman–Crippen MR) is 82.0 cm³/mol. The third kappa shape index (κ3) is 3.69. The molecule has 0 aliphatic carbocycles. The van der Waals surface area contributed by atoms with Gasteiger partial charge >= 0.3 is 0 Å². The second-order valence-electron chi connectivity index (χ2n) is 4.28. The van der Waals surface area contributed by atoms with Crippen molar-refractivity contribution in [3.05, 3.63) is 64.6 Å². The number of carbonyl (C=O) groups excluding carboxylic acids is 1. The molecule has 0 heterocycles. The van der Waals surface area contributed by atoms with Gasteiger partial charge in [0.15, 0.2) is 0 Å². The van der Waals surface area contributed by atoms with Crippen LogP contribution < -0.4 is 4.90 Å². The molecule has 4 heteroatoms. The molecule has 0 aromatic heterocycles. The van der Waals surface area contributed by atoms with Crippen LogP contribution in [0.25, 0.3) is 0 Å². The standard InChI is InChI=1S/C16H13BrN2O/c17-14-6-8-15(9-7-14)19(16(20)10-11-18)12-13-4-2-1-3-5-13/h1-9H,10,12H2. The smallest absolute Gasteiger partial charge is 0.241 e. The van der Waals surface area contributed by atoms with Crippen molar-refractivity contribution in [3.8, 4) is 6.07 Å². The molecule has 0 spiro atoms. The first-order valence-corrected chi connectivity index (χ1v) is 6.97. The van der Waals surface area contributed by atoms with Crippen molar-refractivity contribution < 1.29 is 4.79 Å². The molecule has 2 rings (SSSR count). The quantitative estimate of drug-likeness (QED) is 0.854. The van der Waals surface area contributed by atoms with Crippen LogP contribution in [-0.4, -0.2) is 5.91 Å². The fourth-order valence-electron chi connectivity index (χ4n) is 1.87. The van der Waals surface area contributed by atoms with Crippen LogP contribution in [0.2, 0.25) is 0 Å². The average Bonchev–Trinajstić information content (AvgIpc) is 2.47. The van der Waals surface area contributed by atoms with Crippen molar-refractivity contribution in [2.45, 2.75) is 13.0 Å². The summed E-state index contributed by atoms with van der Waals surface area (Å²) in [6.45, 7) is 0.461. The van der Waals surface area contributed by atoms with E-state index in [9.17, 15) is 4.79 Å². The molecule has 0 fully saturated rings. The molecule has 0 saturated carbocycles. The molecule has 0 unspecified atom stereocenters. The first kappa shape index (κ1) is 14.3. The van der Waals surface area contributed by atoms with Crippen molar-refractivity contribution >= 4 is 27.5 Å². The Hall–Kier alpha value is -2.12. The maximum atomic E-state index is 12.1. The second kappa shape index (κ2) is 6.88. The van der Waals surface area contributed by atoms with Crippen LogP contribution in [-0.2, 0) is 11.3 Å². The zero-order valence-corrected chi connectivity index (χ0v) is 12.4. The van der Waals surface area contributed by atoms with E-state index < -0.39 is 0 Å². The largest absolute Gasteiger partial charge is 0.307 e. The first-order valence-electron chi connectivity index (χ1n) is 6.17. The SMILES string of the molecule is N#CCC(=O)N(Cc1ccccc1)c1ccc(Br)cc1. The number of halogens is 1. The zero-order valence-electron chi connectivity index (χ0n) is 10.8. The normalized spacial score (nSPS) is 9.80. The van der Waals surface area contributed by atoms with E-state index in [4.69, 9.17) is 5.26 Å². The van der Waals surface area contributed by atoms with Crippen LogP contribution >= 0.6 is 15.9 Å². The lowest BCUT2D eigenvalue weighted by atomic mass is 10.2. The second-order valence-corrected chi connectivity index (χ2v) is 5.19. The molecule has 0 atom stereocenters. The summed E-state index contributed by atoms with van der Waals surface area (Å²) in [6.07, 6.45) is -0.122. The third-order valence-corrected chi connectivity index (χ3v) is 3.38. The van der Waals surface area contributed by atoms with Gasteiger partial charge in [0.25, 0.3) is 0 Å². The van der Waals surface area contributed by atoms with Crippen molar-refractivity contribution in [2.75, 3.05) is 4.90 Å². The van der Waals surface area contributed by atoms with Gasteiger partial charge in [-0.1, -0.05) is 46.3 Å². The van der Waals surface area contributed by atoms with Gasteiger partial charge < -0.3 is 4.90 Å². The number of rotatable bonds is 4. The first-order chi connectivity index (χ1) is 9.70. The van der Waals surface area contributed by atoms with Gasteiger partial charge in [-0.25, -0.2) is 0 Å². The van der Waals surface area contributed by atoms with Gasteiger partial charge in [0, 0.05) is 10.2 Å². The third-order valence-electron chi connectivity index (χ3n) is 2.85. The Kier molecular flexibility index (Phi) is 4.91. The van der Waals surface area contributed by atoms with Gasteiger partial charge in [0.2, 0.25) is 5.91 Å². The van der Waals surface area contributed by atoms with Gasteiger partial charge in [-0.2, -0.15) is 5.26 Å². The Morgan fingerprint density at radius 1 is 1.10 bits per heavy atom. The van der Waals surface area contributed by atoms with Crippen molar-refractivity contribution in [2.24, 2.45) is 0 Å². The molecular weight excluding hydrogens is 316 g/mol. The Balaban J connectivity index is 2.27. The highest BCUT2D eigenvalue weighted by atomic mass is 79.9. The molecule has 0 aliphatic heterocycles. The molecular formula is C16H13BrN2O. The number of anilines is 1. The minimum Gasteiger partial charge on any atom is -0.307 e. The van der Waals surface area contributed by atoms with Gasteiger partial charge in [0.05, 0.1) is 12.6 Å². The van der Waals surface area contributed by atoms with Gasteiger partial charge in [-0.05, 0) is 29.8 Å². The Morgan fingerprint density at radius 2 is 1.75 bits per heavy atom. The minimum absolute atomic E-state index is 0.122. The van der Waals surface area contributed by atoms with Crippen molar-refractivity contribution in [3.63, 3.8) is 0 Å². The summed E-state index contributed by atoms with van der Waals surface area (Å²) in [5, 5.41) is 8.74. The molecule has 0 N–H and O–H groups in total. The van der Waals surface area contributed by atoms with E-state index >= 15 is 0 Å². The lowest BCUT2D eigenvalue weighted by Gasteiger charge is -2.22. The number of hydrogen-bond acceptors (Lipinski definition) is 2. The number of amides is 1. The molecule has 0 radical (unpaired) electrons. The summed E-state index contributed by atoms with van der Waals surface area (Å²) < 4.78 is 0.952. The number of benzene rings is 2. The number of hydrogen-bond donors (Lipinski definition) is 0. The van der Waals surface area contributed by atoms with E-state index in [1.807, 2.05) is 60.7 Å². The van der Waals surface area contributed by atoms with Crippen LogP contribution in [0.15, 0.2) is 59.1 Å². The maximum absolute atomic E-state index is 12.1. The Bertz CT molecular complexity index is 617. The zero-order chi connectivity index (χ0) is 14.4. The average molecular weight is 329 g/mol. The maximum Gasteiger partial charge on any atom is 0.241 e. The molecule has 3 nitrogen and oxygen atoms in total. The van der Waals surface area contributed by atoms with E-state index in [1.165, 1.54) is 0 Å². The lowest BCUT2D eigenvalue weighted by Crippen LogP contribution is -2.29. The Morgan fingerprint density at radius 3 is 2.35 bits per heavy atom. The summed E-state index contributed by atoms with van der Waals surface area (Å²) in [6, 6.07) is 19.1. The molecule has 2 aromatic rings. The van der Waals surface area contributed by atoms with E-state index in [2.05, 4.69) is 15.9 Å². The molecule has 0 aliphatic rings. The van der Waals surface area contributed by atoms with Crippen molar-refractivity contribution in [1.82, 2.24) is 0 Å². The monoisotopic (exact) mass is 328 g/mol. The topological polar surface area (TPSA) is 44.1 Å². The molecule has 100 valence electrons. The van der Waals surface area contributed by atoms with Crippen molar-refractivity contribution in [1.29, 1.82) is 5.26 Å². The van der Waals surface area contributed by atoms with E-state index in [0.29, 0.717) is 6.54 Å². The van der Waals surface area contributed by atoms with E-state index in [0.717, 1.165) is 15.7 Å². The minimum atomic E-state index is -0.196. The van der Waals surface area contributed by atoms with Gasteiger partial charge in [-0.3, -0.25) is 4.79 Å². The number of nitrogens with zero attached hydrogens (tertiary/aromatic N) is 2. The lowest BCUT2D eigenvalue weighted by molar-refractivity contribution is -0.117. The summed E-state index contributed by atoms with van der Waals surface area (Å²) in [5.41, 5.74) is 1.82. The molecule has 1 amide bonds. The van der Waals surface area contributed by atoms with Crippen LogP contribution in [0.4, 0.5) is 5.69 Å². The van der Waals surface area contributed by atoms with Crippen LogP contribution in [0, 0.1) is 11.3 Å². The van der Waals surface area contributed by atoms with Crippen LogP contribution in [0.5, 0.6) is 0 Å². The summed E-state index contributed by atoms with van der Waals surface area (Å²) in [7, 11) is 0. The molecule has 20 heavy (non-hydrogen) atoms. The van der Waals surface area contributed by atoms with E-state index in [-0.39, 0.29) is 12.3 Å². The molecule has 0 bridgehead atoms. The predicted octanol–water partition coefficient (Wildman–Crippen LogP) is 3.90. The summed E-state index contributed by atoms with van der Waals surface area (Å²) in [4.78, 5) is 13.8. The highest BCUT2D eigenvalue weighted by Gasteiger charge is 2.15. The summed E-state index contributed by atoms with van der Waals surface area (Å²) >= 11 is 3.37. The molecule has 0 saturated heterocycles. The fourth-order valence-corrected chi connectivity index (χ4v) is 2.14. The highest BCUT2D eigenvalue weighted by molar-refractivity contribution is 9.10. The number of carbonyl (C=O) groups is 1.